The van der Waals surface area contributed by atoms with Crippen molar-refractivity contribution in [2.24, 2.45) is 0 Å². The lowest BCUT2D eigenvalue weighted by molar-refractivity contribution is -0.117. The van der Waals surface area contributed by atoms with Crippen LogP contribution in [0.15, 0.2) is 24.3 Å². The van der Waals surface area contributed by atoms with Gasteiger partial charge in [0.05, 0.1) is 6.07 Å². The van der Waals surface area contributed by atoms with Crippen LogP contribution in [-0.4, -0.2) is 5.78 Å². The number of benzene rings is 1. The summed E-state index contributed by atoms with van der Waals surface area (Å²) in [6.07, 6.45) is 0. The molecular weight excluding hydrogens is 162 g/mol. The summed E-state index contributed by atoms with van der Waals surface area (Å²) in [5, 5.41) is 8.75. The van der Waals surface area contributed by atoms with E-state index in [1.165, 1.54) is 6.92 Å². The standard InChI is InChI=1S/C11H11NO/c1-8-3-5-10(6-4-8)11(7-12)9(2)13/h3-6,11H,1-2H3/t11-/m0/s1. The molecule has 0 aliphatic heterocycles. The van der Waals surface area contributed by atoms with Gasteiger partial charge in [0.2, 0.25) is 0 Å². The molecule has 0 spiro atoms. The van der Waals surface area contributed by atoms with Crippen LogP contribution in [0.4, 0.5) is 0 Å². The molecule has 0 unspecified atom stereocenters. The van der Waals surface area contributed by atoms with E-state index in [0.717, 1.165) is 11.1 Å². The zero-order valence-corrected chi connectivity index (χ0v) is 7.74. The molecule has 0 aromatic heterocycles. The first-order valence-electron chi connectivity index (χ1n) is 4.12. The summed E-state index contributed by atoms with van der Waals surface area (Å²) in [7, 11) is 0. The van der Waals surface area contributed by atoms with E-state index in [4.69, 9.17) is 5.26 Å². The van der Waals surface area contributed by atoms with Gasteiger partial charge >= 0.3 is 0 Å². The second kappa shape index (κ2) is 3.86. The predicted molar refractivity (Wildman–Crippen MR) is 50.2 cm³/mol. The maximum absolute atomic E-state index is 11.0. The van der Waals surface area contributed by atoms with Crippen LogP contribution >= 0.6 is 0 Å². The van der Waals surface area contributed by atoms with Crippen LogP contribution in [0.3, 0.4) is 0 Å². The summed E-state index contributed by atoms with van der Waals surface area (Å²) in [5.41, 5.74) is 1.91. The van der Waals surface area contributed by atoms with Crippen molar-refractivity contribution in [1.29, 1.82) is 5.26 Å². The highest BCUT2D eigenvalue weighted by Gasteiger charge is 2.14. The van der Waals surface area contributed by atoms with E-state index in [1.807, 2.05) is 37.3 Å². The number of ketones is 1. The van der Waals surface area contributed by atoms with Gasteiger partial charge in [-0.25, -0.2) is 0 Å². The summed E-state index contributed by atoms with van der Waals surface area (Å²) in [6, 6.07) is 9.45. The smallest absolute Gasteiger partial charge is 0.151 e. The zero-order valence-electron chi connectivity index (χ0n) is 7.74. The van der Waals surface area contributed by atoms with Gasteiger partial charge in [0.25, 0.3) is 0 Å². The molecule has 2 nitrogen and oxygen atoms in total. The Bertz CT molecular complexity index is 345. The summed E-state index contributed by atoms with van der Waals surface area (Å²) in [4.78, 5) is 11.0. The van der Waals surface area contributed by atoms with Gasteiger partial charge in [-0.15, -0.1) is 0 Å². The first kappa shape index (κ1) is 9.47. The number of nitrogens with zero attached hydrogens (tertiary/aromatic N) is 1. The van der Waals surface area contributed by atoms with Crippen molar-refractivity contribution in [1.82, 2.24) is 0 Å². The van der Waals surface area contributed by atoms with Crippen LogP contribution in [0.1, 0.15) is 24.0 Å². The molecule has 0 fully saturated rings. The van der Waals surface area contributed by atoms with Gasteiger partial charge in [-0.3, -0.25) is 4.79 Å². The van der Waals surface area contributed by atoms with Gasteiger partial charge in [-0.2, -0.15) is 5.26 Å². The SMILES string of the molecule is CC(=O)[C@H](C#N)c1ccc(C)cc1. The second-order valence-electron chi connectivity index (χ2n) is 3.08. The average Bonchev–Trinajstić information content (AvgIpc) is 2.09. The third kappa shape index (κ3) is 2.16. The largest absolute Gasteiger partial charge is 0.298 e. The van der Waals surface area contributed by atoms with Crippen LogP contribution in [0.5, 0.6) is 0 Å². The maximum Gasteiger partial charge on any atom is 0.151 e. The number of rotatable bonds is 2. The number of hydrogen-bond donors (Lipinski definition) is 0. The highest BCUT2D eigenvalue weighted by atomic mass is 16.1. The normalized spacial score (nSPS) is 11.8. The third-order valence-corrected chi connectivity index (χ3v) is 1.95. The number of Topliss-reactive ketones (excluding diaryl/α,β-unsaturated/α-hetero) is 1. The topological polar surface area (TPSA) is 40.9 Å². The van der Waals surface area contributed by atoms with E-state index >= 15 is 0 Å². The molecule has 0 amide bonds. The molecule has 0 bridgehead atoms. The summed E-state index contributed by atoms with van der Waals surface area (Å²) < 4.78 is 0. The first-order valence-corrected chi connectivity index (χ1v) is 4.12. The van der Waals surface area contributed by atoms with E-state index in [2.05, 4.69) is 0 Å². The van der Waals surface area contributed by atoms with E-state index in [0.29, 0.717) is 0 Å². The number of aryl methyl sites for hydroxylation is 1. The quantitative estimate of drug-likeness (QED) is 0.687. The fourth-order valence-electron chi connectivity index (χ4n) is 1.16. The molecule has 1 aromatic rings. The molecule has 0 N–H and O–H groups in total. The van der Waals surface area contributed by atoms with Crippen molar-refractivity contribution in [3.63, 3.8) is 0 Å². The van der Waals surface area contributed by atoms with Crippen molar-refractivity contribution in [2.75, 3.05) is 0 Å². The zero-order chi connectivity index (χ0) is 9.84. The first-order chi connectivity index (χ1) is 6.15. The van der Waals surface area contributed by atoms with Gasteiger partial charge in [-0.1, -0.05) is 29.8 Å². The Kier molecular flexibility index (Phi) is 2.81. The van der Waals surface area contributed by atoms with E-state index in [9.17, 15) is 4.79 Å². The maximum atomic E-state index is 11.0. The molecule has 66 valence electrons. The summed E-state index contributed by atoms with van der Waals surface area (Å²) in [6.45, 7) is 3.41. The molecule has 0 saturated carbocycles. The Morgan fingerprint density at radius 3 is 2.31 bits per heavy atom. The van der Waals surface area contributed by atoms with Gasteiger partial charge < -0.3 is 0 Å². The van der Waals surface area contributed by atoms with Crippen LogP contribution in [0.2, 0.25) is 0 Å². The Labute approximate surface area is 77.8 Å². The van der Waals surface area contributed by atoms with Crippen LogP contribution in [0, 0.1) is 18.3 Å². The minimum atomic E-state index is -0.611. The van der Waals surface area contributed by atoms with Crippen LogP contribution in [-0.2, 0) is 4.79 Å². The van der Waals surface area contributed by atoms with Crippen LogP contribution in [0.25, 0.3) is 0 Å². The molecule has 0 heterocycles. The van der Waals surface area contributed by atoms with Crippen molar-refractivity contribution in [3.8, 4) is 6.07 Å². The van der Waals surface area contributed by atoms with Gasteiger partial charge in [0, 0.05) is 0 Å². The Morgan fingerprint density at radius 2 is 1.92 bits per heavy atom. The molecule has 2 heteroatoms. The summed E-state index contributed by atoms with van der Waals surface area (Å²) >= 11 is 0. The number of carbonyl (C=O) groups is 1. The second-order valence-corrected chi connectivity index (χ2v) is 3.08. The van der Waals surface area contributed by atoms with Crippen molar-refractivity contribution in [3.05, 3.63) is 35.4 Å². The van der Waals surface area contributed by atoms with Gasteiger partial charge in [0.1, 0.15) is 5.92 Å². The molecule has 0 radical (unpaired) electrons. The van der Waals surface area contributed by atoms with Crippen molar-refractivity contribution >= 4 is 5.78 Å². The molecule has 1 aromatic carbocycles. The number of carbonyl (C=O) groups excluding carboxylic acids is 1. The molecule has 0 aliphatic rings. The van der Waals surface area contributed by atoms with Gasteiger partial charge in [0.15, 0.2) is 5.78 Å². The lowest BCUT2D eigenvalue weighted by Crippen LogP contribution is -2.05. The van der Waals surface area contributed by atoms with E-state index in [-0.39, 0.29) is 5.78 Å². The predicted octanol–water partition coefficient (Wildman–Crippen LogP) is 2.19. The lowest BCUT2D eigenvalue weighted by atomic mass is 9.96. The molecule has 0 saturated heterocycles. The minimum absolute atomic E-state index is 0.105. The van der Waals surface area contributed by atoms with Crippen molar-refractivity contribution in [2.45, 2.75) is 19.8 Å². The Morgan fingerprint density at radius 1 is 1.38 bits per heavy atom. The molecule has 1 atom stereocenters. The fourth-order valence-corrected chi connectivity index (χ4v) is 1.16. The Hall–Kier alpha value is -1.62. The molecular formula is C11H11NO. The Balaban J connectivity index is 3.01. The highest BCUT2D eigenvalue weighted by Crippen LogP contribution is 2.16. The van der Waals surface area contributed by atoms with E-state index < -0.39 is 5.92 Å². The molecule has 1 rings (SSSR count). The number of hydrogen-bond acceptors (Lipinski definition) is 2. The lowest BCUT2D eigenvalue weighted by Gasteiger charge is -2.04. The fraction of sp³-hybridized carbons (Fsp3) is 0.273. The van der Waals surface area contributed by atoms with E-state index in [1.54, 1.807) is 0 Å². The monoisotopic (exact) mass is 173 g/mol. The van der Waals surface area contributed by atoms with Crippen molar-refractivity contribution < 1.29 is 4.79 Å². The average molecular weight is 173 g/mol. The summed E-state index contributed by atoms with van der Waals surface area (Å²) in [5.74, 6) is -0.716. The minimum Gasteiger partial charge on any atom is -0.298 e. The third-order valence-electron chi connectivity index (χ3n) is 1.95. The molecule has 0 aliphatic carbocycles. The van der Waals surface area contributed by atoms with Crippen LogP contribution < -0.4 is 0 Å². The van der Waals surface area contributed by atoms with Gasteiger partial charge in [-0.05, 0) is 19.4 Å². The molecule has 13 heavy (non-hydrogen) atoms. The number of nitriles is 1. The highest BCUT2D eigenvalue weighted by molar-refractivity contribution is 5.86.